The smallest absolute Gasteiger partial charge is 0.250 e. The van der Waals surface area contributed by atoms with Crippen LogP contribution in [0.5, 0.6) is 5.75 Å². The van der Waals surface area contributed by atoms with Gasteiger partial charge in [0.05, 0.1) is 25.1 Å². The fraction of sp³-hybridized carbons (Fsp3) is 0.238. The first-order chi connectivity index (χ1) is 15.4. The van der Waals surface area contributed by atoms with Gasteiger partial charge in [0.25, 0.3) is 5.91 Å². The number of halogens is 2. The van der Waals surface area contributed by atoms with Gasteiger partial charge in [-0.1, -0.05) is 45.4 Å². The number of ether oxygens (including phenoxy) is 1. The maximum atomic E-state index is 12.2. The van der Waals surface area contributed by atoms with E-state index in [0.717, 1.165) is 21.5 Å². The van der Waals surface area contributed by atoms with E-state index in [9.17, 15) is 4.79 Å². The first kappa shape index (κ1) is 24.1. The Hall–Kier alpha value is -2.56. The summed E-state index contributed by atoms with van der Waals surface area (Å²) in [5, 5.41) is 17.1. The van der Waals surface area contributed by atoms with Crippen molar-refractivity contribution >= 4 is 57.1 Å². The summed E-state index contributed by atoms with van der Waals surface area (Å²) < 4.78 is 8.03. The number of benzene rings is 2. The molecule has 1 heterocycles. The number of nitrogens with zero attached hydrogens (tertiary/aromatic N) is 4. The molecule has 0 radical (unpaired) electrons. The van der Waals surface area contributed by atoms with Gasteiger partial charge in [0.15, 0.2) is 11.0 Å². The second kappa shape index (κ2) is 11.3. The molecule has 1 amide bonds. The van der Waals surface area contributed by atoms with Crippen molar-refractivity contribution in [3.05, 3.63) is 63.3 Å². The van der Waals surface area contributed by atoms with Crippen LogP contribution < -0.4 is 15.5 Å². The molecule has 0 aliphatic heterocycles. The first-order valence-electron chi connectivity index (χ1n) is 9.57. The number of carbonyl (C=O) groups excluding carboxylic acids is 1. The third-order valence-electron chi connectivity index (χ3n) is 4.38. The molecule has 1 aromatic heterocycles. The zero-order valence-electron chi connectivity index (χ0n) is 17.7. The highest BCUT2D eigenvalue weighted by atomic mass is 79.9. The van der Waals surface area contributed by atoms with E-state index in [1.165, 1.54) is 18.0 Å². The minimum absolute atomic E-state index is 0.0982. The number of thioether (sulfide) groups is 1. The van der Waals surface area contributed by atoms with Gasteiger partial charge < -0.3 is 14.6 Å². The van der Waals surface area contributed by atoms with E-state index < -0.39 is 0 Å². The number of hydrogen-bond donors (Lipinski definition) is 2. The third kappa shape index (κ3) is 6.47. The minimum Gasteiger partial charge on any atom is -0.496 e. The van der Waals surface area contributed by atoms with Crippen molar-refractivity contribution in [2.45, 2.75) is 18.1 Å². The van der Waals surface area contributed by atoms with Crippen LogP contribution in [0, 0.1) is 0 Å². The number of hydrazone groups is 1. The standard InChI is InChI=1S/C21H22BrClN6O2S/c1-13(25-17-6-4-5-16(23)10-17)20-27-28-21(29(20)2)32-12-19(30)26-24-11-14-9-15(22)7-8-18(14)31-3/h4-11,13,25H,12H2,1-3H3,(H,26,30)/t13-/m0/s1. The summed E-state index contributed by atoms with van der Waals surface area (Å²) in [4.78, 5) is 12.2. The topological polar surface area (TPSA) is 93.4 Å². The van der Waals surface area contributed by atoms with Crippen LogP contribution in [0.1, 0.15) is 24.4 Å². The molecule has 168 valence electrons. The Labute approximate surface area is 203 Å². The molecule has 0 aliphatic carbocycles. The molecular weight excluding hydrogens is 516 g/mol. The predicted molar refractivity (Wildman–Crippen MR) is 132 cm³/mol. The fourth-order valence-corrected chi connectivity index (χ4v) is 4.14. The molecule has 0 spiro atoms. The molecule has 0 bridgehead atoms. The zero-order valence-corrected chi connectivity index (χ0v) is 20.8. The lowest BCUT2D eigenvalue weighted by atomic mass is 10.2. The lowest BCUT2D eigenvalue weighted by Crippen LogP contribution is -2.20. The van der Waals surface area contributed by atoms with Crippen molar-refractivity contribution in [1.29, 1.82) is 0 Å². The third-order valence-corrected chi connectivity index (χ3v) is 6.13. The number of amides is 1. The highest BCUT2D eigenvalue weighted by molar-refractivity contribution is 9.10. The summed E-state index contributed by atoms with van der Waals surface area (Å²) in [6.07, 6.45) is 1.54. The quantitative estimate of drug-likeness (QED) is 0.234. The van der Waals surface area contributed by atoms with Crippen LogP contribution in [-0.2, 0) is 11.8 Å². The molecule has 0 aliphatic rings. The van der Waals surface area contributed by atoms with Gasteiger partial charge in [-0.2, -0.15) is 5.10 Å². The lowest BCUT2D eigenvalue weighted by Gasteiger charge is -2.15. The lowest BCUT2D eigenvalue weighted by molar-refractivity contribution is -0.118. The monoisotopic (exact) mass is 536 g/mol. The van der Waals surface area contributed by atoms with E-state index in [1.807, 2.05) is 61.0 Å². The molecule has 8 nitrogen and oxygen atoms in total. The van der Waals surface area contributed by atoms with Crippen LogP contribution in [0.25, 0.3) is 0 Å². The van der Waals surface area contributed by atoms with Crippen LogP contribution >= 0.6 is 39.3 Å². The first-order valence-corrected chi connectivity index (χ1v) is 11.7. The average Bonchev–Trinajstić information content (AvgIpc) is 3.13. The van der Waals surface area contributed by atoms with Crippen molar-refractivity contribution < 1.29 is 9.53 Å². The van der Waals surface area contributed by atoms with Gasteiger partial charge in [0, 0.05) is 27.8 Å². The number of rotatable bonds is 9. The summed E-state index contributed by atoms with van der Waals surface area (Å²) in [7, 11) is 3.44. The van der Waals surface area contributed by atoms with Crippen LogP contribution in [0.15, 0.2) is 57.2 Å². The Balaban J connectivity index is 1.54. The molecule has 0 saturated carbocycles. The van der Waals surface area contributed by atoms with Gasteiger partial charge in [-0.15, -0.1) is 10.2 Å². The van der Waals surface area contributed by atoms with Crippen molar-refractivity contribution in [3.63, 3.8) is 0 Å². The van der Waals surface area contributed by atoms with E-state index in [1.54, 1.807) is 7.11 Å². The van der Waals surface area contributed by atoms with E-state index in [2.05, 4.69) is 42.0 Å². The molecule has 3 aromatic rings. The van der Waals surface area contributed by atoms with E-state index >= 15 is 0 Å². The summed E-state index contributed by atoms with van der Waals surface area (Å²) >= 11 is 10.7. The highest BCUT2D eigenvalue weighted by Gasteiger charge is 2.16. The molecule has 0 saturated heterocycles. The van der Waals surface area contributed by atoms with Crippen LogP contribution in [0.4, 0.5) is 5.69 Å². The maximum absolute atomic E-state index is 12.2. The van der Waals surface area contributed by atoms with Crippen molar-refractivity contribution in [2.24, 2.45) is 12.1 Å². The molecular formula is C21H22BrClN6O2S. The Morgan fingerprint density at radius 3 is 2.91 bits per heavy atom. The molecule has 32 heavy (non-hydrogen) atoms. The summed E-state index contributed by atoms with van der Waals surface area (Å²) in [6.45, 7) is 1.98. The van der Waals surface area contributed by atoms with Crippen molar-refractivity contribution in [3.8, 4) is 5.75 Å². The molecule has 2 N–H and O–H groups in total. The summed E-state index contributed by atoms with van der Waals surface area (Å²) in [5.74, 6) is 1.30. The molecule has 0 fully saturated rings. The Morgan fingerprint density at radius 2 is 2.16 bits per heavy atom. The van der Waals surface area contributed by atoms with E-state index in [4.69, 9.17) is 16.3 Å². The normalized spacial score (nSPS) is 12.0. The van der Waals surface area contributed by atoms with E-state index in [0.29, 0.717) is 15.9 Å². The van der Waals surface area contributed by atoms with Crippen molar-refractivity contribution in [1.82, 2.24) is 20.2 Å². The zero-order chi connectivity index (χ0) is 23.1. The van der Waals surface area contributed by atoms with E-state index in [-0.39, 0.29) is 17.7 Å². The molecule has 0 unspecified atom stereocenters. The van der Waals surface area contributed by atoms with Gasteiger partial charge in [0.2, 0.25) is 0 Å². The minimum atomic E-state index is -0.255. The Bertz CT molecular complexity index is 1120. The summed E-state index contributed by atoms with van der Waals surface area (Å²) in [6, 6.07) is 12.9. The van der Waals surface area contributed by atoms with Gasteiger partial charge >= 0.3 is 0 Å². The number of aromatic nitrogens is 3. The predicted octanol–water partition coefficient (Wildman–Crippen LogP) is 4.66. The number of nitrogens with one attached hydrogen (secondary N) is 2. The molecule has 3 rings (SSSR count). The fourth-order valence-electron chi connectivity index (χ4n) is 2.86. The van der Waals surface area contributed by atoms with Gasteiger partial charge in [0.1, 0.15) is 5.75 Å². The molecule has 2 aromatic carbocycles. The second-order valence-corrected chi connectivity index (χ2v) is 9.04. The van der Waals surface area contributed by atoms with Crippen LogP contribution in [0.2, 0.25) is 5.02 Å². The van der Waals surface area contributed by atoms with Crippen LogP contribution in [0.3, 0.4) is 0 Å². The summed E-state index contributed by atoms with van der Waals surface area (Å²) in [5.41, 5.74) is 4.15. The second-order valence-electron chi connectivity index (χ2n) is 6.74. The van der Waals surface area contributed by atoms with Crippen LogP contribution in [-0.4, -0.2) is 39.7 Å². The number of carbonyl (C=O) groups is 1. The SMILES string of the molecule is COc1ccc(Br)cc1C=NNC(=O)CSc1nnc([C@H](C)Nc2cccc(Cl)c2)n1C. The Kier molecular flexibility index (Phi) is 8.54. The molecule has 1 atom stereocenters. The van der Waals surface area contributed by atoms with Gasteiger partial charge in [-0.3, -0.25) is 4.79 Å². The maximum Gasteiger partial charge on any atom is 0.250 e. The number of hydrogen-bond acceptors (Lipinski definition) is 7. The average molecular weight is 538 g/mol. The Morgan fingerprint density at radius 1 is 1.34 bits per heavy atom. The van der Waals surface area contributed by atoms with Gasteiger partial charge in [-0.05, 0) is 43.3 Å². The molecule has 11 heteroatoms. The largest absolute Gasteiger partial charge is 0.496 e. The highest BCUT2D eigenvalue weighted by Crippen LogP contribution is 2.24. The number of anilines is 1. The van der Waals surface area contributed by atoms with Crippen molar-refractivity contribution in [2.75, 3.05) is 18.2 Å². The van der Waals surface area contributed by atoms with Gasteiger partial charge in [-0.25, -0.2) is 5.43 Å². The number of methoxy groups -OCH3 is 1.